The molecule has 0 atom stereocenters. The molecule has 0 rings (SSSR count). The van der Waals surface area contributed by atoms with E-state index in [0.29, 0.717) is 45.4 Å². The van der Waals surface area contributed by atoms with Gasteiger partial charge in [-0.2, -0.15) is 0 Å². The van der Waals surface area contributed by atoms with Gasteiger partial charge in [-0.3, -0.25) is 9.59 Å². The van der Waals surface area contributed by atoms with Gasteiger partial charge >= 0.3 is 5.97 Å². The van der Waals surface area contributed by atoms with E-state index in [9.17, 15) is 9.59 Å². The molecule has 0 saturated heterocycles. The monoisotopic (exact) mass is 244 g/mol. The largest absolute Gasteiger partial charge is 0.466 e. The van der Waals surface area contributed by atoms with Gasteiger partial charge in [0.15, 0.2) is 0 Å². The van der Waals surface area contributed by atoms with Gasteiger partial charge in [-0.15, -0.1) is 0 Å². The molecule has 5 heteroatoms. The van der Waals surface area contributed by atoms with Gasteiger partial charge in [0.05, 0.1) is 6.61 Å². The second-order valence-electron chi connectivity index (χ2n) is 3.92. The Morgan fingerprint density at radius 1 is 1.18 bits per heavy atom. The molecule has 0 radical (unpaired) electrons. The topological polar surface area (TPSA) is 81.4 Å². The Morgan fingerprint density at radius 2 is 1.94 bits per heavy atom. The average molecular weight is 244 g/mol. The first-order valence-electron chi connectivity index (χ1n) is 6.33. The molecule has 3 N–H and O–H groups in total. The summed E-state index contributed by atoms with van der Waals surface area (Å²) in [6, 6.07) is 0. The third-order valence-corrected chi connectivity index (χ3v) is 2.25. The lowest BCUT2D eigenvalue weighted by Gasteiger charge is -2.05. The number of nitrogens with two attached hydrogens (primary N) is 1. The van der Waals surface area contributed by atoms with Crippen molar-refractivity contribution in [2.24, 2.45) is 5.73 Å². The summed E-state index contributed by atoms with van der Waals surface area (Å²) in [5.74, 6) is -0.190. The van der Waals surface area contributed by atoms with E-state index in [-0.39, 0.29) is 11.9 Å². The molecule has 100 valence electrons. The molecule has 1 amide bonds. The Kier molecular flexibility index (Phi) is 10.7. The van der Waals surface area contributed by atoms with Crippen LogP contribution in [-0.2, 0) is 14.3 Å². The number of nitrogens with one attached hydrogen (secondary N) is 1. The number of carbonyl (C=O) groups excluding carboxylic acids is 2. The van der Waals surface area contributed by atoms with Crippen molar-refractivity contribution in [3.8, 4) is 0 Å². The number of esters is 1. The minimum atomic E-state index is -0.186. The summed E-state index contributed by atoms with van der Waals surface area (Å²) < 4.78 is 4.99. The lowest BCUT2D eigenvalue weighted by molar-refractivity contribution is -0.144. The molecule has 0 spiro atoms. The maximum Gasteiger partial charge on any atom is 0.305 e. The van der Waals surface area contributed by atoms with Gasteiger partial charge in [0.25, 0.3) is 0 Å². The van der Waals surface area contributed by atoms with Crippen LogP contribution in [0.25, 0.3) is 0 Å². The summed E-state index contributed by atoms with van der Waals surface area (Å²) in [5.41, 5.74) is 5.29. The van der Waals surface area contributed by atoms with Crippen LogP contribution in [0.15, 0.2) is 0 Å². The van der Waals surface area contributed by atoms with Gasteiger partial charge in [0.2, 0.25) is 5.91 Å². The fourth-order valence-corrected chi connectivity index (χ4v) is 1.21. The molecule has 17 heavy (non-hydrogen) atoms. The summed E-state index contributed by atoms with van der Waals surface area (Å²) in [7, 11) is 0. The first kappa shape index (κ1) is 15.9. The van der Waals surface area contributed by atoms with Crippen molar-refractivity contribution in [1.82, 2.24) is 5.32 Å². The van der Waals surface area contributed by atoms with Crippen molar-refractivity contribution >= 4 is 11.9 Å². The first-order valence-corrected chi connectivity index (χ1v) is 6.33. The highest BCUT2D eigenvalue weighted by Gasteiger charge is 2.03. The Morgan fingerprint density at radius 3 is 2.59 bits per heavy atom. The quantitative estimate of drug-likeness (QED) is 0.443. The van der Waals surface area contributed by atoms with Crippen molar-refractivity contribution in [2.45, 2.75) is 45.4 Å². The van der Waals surface area contributed by atoms with Gasteiger partial charge in [-0.25, -0.2) is 0 Å². The van der Waals surface area contributed by atoms with Gasteiger partial charge in [0.1, 0.15) is 0 Å². The minimum absolute atomic E-state index is 0.00481. The molecule has 0 heterocycles. The predicted molar refractivity (Wildman–Crippen MR) is 66.4 cm³/mol. The van der Waals surface area contributed by atoms with Gasteiger partial charge in [-0.1, -0.05) is 13.3 Å². The van der Waals surface area contributed by atoms with Crippen LogP contribution >= 0.6 is 0 Å². The van der Waals surface area contributed by atoms with Crippen molar-refractivity contribution in [2.75, 3.05) is 19.7 Å². The molecule has 0 unspecified atom stereocenters. The third kappa shape index (κ3) is 11.2. The fraction of sp³-hybridized carbons (Fsp3) is 0.833. The molecule has 0 aromatic heterocycles. The van der Waals surface area contributed by atoms with Crippen LogP contribution in [0.1, 0.15) is 45.4 Å². The second-order valence-corrected chi connectivity index (χ2v) is 3.92. The number of carbonyl (C=O) groups is 2. The van der Waals surface area contributed by atoms with Crippen LogP contribution in [-0.4, -0.2) is 31.6 Å². The molecular formula is C12H24N2O3. The highest BCUT2D eigenvalue weighted by Crippen LogP contribution is 1.95. The van der Waals surface area contributed by atoms with Crippen LogP contribution in [0.4, 0.5) is 0 Å². The van der Waals surface area contributed by atoms with Crippen molar-refractivity contribution in [3.63, 3.8) is 0 Å². The molecule has 0 fully saturated rings. The first-order chi connectivity index (χ1) is 8.20. The summed E-state index contributed by atoms with van der Waals surface area (Å²) in [6.45, 7) is 3.59. The molecular weight excluding hydrogens is 220 g/mol. The van der Waals surface area contributed by atoms with Crippen LogP contribution in [0.3, 0.4) is 0 Å². The van der Waals surface area contributed by atoms with E-state index in [1.54, 1.807) is 0 Å². The van der Waals surface area contributed by atoms with Crippen LogP contribution < -0.4 is 11.1 Å². The number of rotatable bonds is 10. The van der Waals surface area contributed by atoms with Crippen molar-refractivity contribution in [1.29, 1.82) is 0 Å². The number of hydrogen-bond acceptors (Lipinski definition) is 4. The highest BCUT2D eigenvalue weighted by molar-refractivity contribution is 5.75. The highest BCUT2D eigenvalue weighted by atomic mass is 16.5. The lowest BCUT2D eigenvalue weighted by atomic mass is 10.2. The molecule has 5 nitrogen and oxygen atoms in total. The zero-order chi connectivity index (χ0) is 12.9. The van der Waals surface area contributed by atoms with Gasteiger partial charge in [0, 0.05) is 19.4 Å². The Labute approximate surface area is 103 Å². The van der Waals surface area contributed by atoms with Gasteiger partial charge in [-0.05, 0) is 25.8 Å². The fourth-order valence-electron chi connectivity index (χ4n) is 1.21. The SMILES string of the molecule is CCCCOC(=O)CCCNC(=O)CCCN. The normalized spacial score (nSPS) is 10.0. The average Bonchev–Trinajstić information content (AvgIpc) is 2.32. The molecule has 0 saturated carbocycles. The van der Waals surface area contributed by atoms with Gasteiger partial charge < -0.3 is 15.8 Å². The zero-order valence-electron chi connectivity index (χ0n) is 10.7. The Hall–Kier alpha value is -1.10. The molecule has 0 aliphatic rings. The summed E-state index contributed by atoms with van der Waals surface area (Å²) >= 11 is 0. The third-order valence-electron chi connectivity index (χ3n) is 2.25. The number of amides is 1. The number of unbranched alkanes of at least 4 members (excludes halogenated alkanes) is 1. The molecule has 0 aliphatic carbocycles. The smallest absolute Gasteiger partial charge is 0.305 e. The lowest BCUT2D eigenvalue weighted by Crippen LogP contribution is -2.25. The Balaban J connectivity index is 3.32. The van der Waals surface area contributed by atoms with Crippen molar-refractivity contribution in [3.05, 3.63) is 0 Å². The zero-order valence-corrected chi connectivity index (χ0v) is 10.7. The molecule has 0 bridgehead atoms. The summed E-state index contributed by atoms with van der Waals surface area (Å²) in [5, 5.41) is 2.74. The number of ether oxygens (including phenoxy) is 1. The minimum Gasteiger partial charge on any atom is -0.466 e. The standard InChI is InChI=1S/C12H24N2O3/c1-2-3-10-17-12(16)7-5-9-14-11(15)6-4-8-13/h2-10,13H2,1H3,(H,14,15). The second kappa shape index (κ2) is 11.4. The maximum absolute atomic E-state index is 11.2. The van der Waals surface area contributed by atoms with E-state index in [0.717, 1.165) is 12.8 Å². The Bertz CT molecular complexity index is 220. The van der Waals surface area contributed by atoms with E-state index in [4.69, 9.17) is 10.5 Å². The van der Waals surface area contributed by atoms with E-state index >= 15 is 0 Å². The summed E-state index contributed by atoms with van der Waals surface area (Å²) in [4.78, 5) is 22.4. The predicted octanol–water partition coefficient (Wildman–Crippen LogP) is 0.965. The molecule has 0 aromatic rings. The molecule has 0 aliphatic heterocycles. The van der Waals surface area contributed by atoms with E-state index in [1.165, 1.54) is 0 Å². The van der Waals surface area contributed by atoms with E-state index in [2.05, 4.69) is 5.32 Å². The summed E-state index contributed by atoms with van der Waals surface area (Å²) in [6.07, 6.45) is 4.06. The van der Waals surface area contributed by atoms with Crippen molar-refractivity contribution < 1.29 is 14.3 Å². The van der Waals surface area contributed by atoms with E-state index < -0.39 is 0 Å². The molecule has 0 aromatic carbocycles. The maximum atomic E-state index is 11.2. The van der Waals surface area contributed by atoms with Crippen LogP contribution in [0.2, 0.25) is 0 Å². The number of hydrogen-bond donors (Lipinski definition) is 2. The van der Waals surface area contributed by atoms with Crippen LogP contribution in [0.5, 0.6) is 0 Å². The van der Waals surface area contributed by atoms with E-state index in [1.807, 2.05) is 6.92 Å². The van der Waals surface area contributed by atoms with Crippen LogP contribution in [0, 0.1) is 0 Å².